The van der Waals surface area contributed by atoms with E-state index in [9.17, 15) is 5.11 Å². The molecule has 3 rings (SSSR count). The molecule has 0 atom stereocenters. The van der Waals surface area contributed by atoms with Gasteiger partial charge < -0.3 is 9.67 Å². The van der Waals surface area contributed by atoms with E-state index in [1.807, 2.05) is 30.3 Å². The maximum Gasteiger partial charge on any atom is 0.134 e. The minimum absolute atomic E-state index is 0.124. The second-order valence-electron chi connectivity index (χ2n) is 6.22. The number of rotatable bonds is 5. The van der Waals surface area contributed by atoms with Gasteiger partial charge in [-0.2, -0.15) is 5.26 Å². The lowest BCUT2D eigenvalue weighted by atomic mass is 10.0. The molecule has 0 aliphatic rings. The Morgan fingerprint density at radius 2 is 1.96 bits per heavy atom. The molecule has 0 spiro atoms. The number of pyridine rings is 1. The van der Waals surface area contributed by atoms with E-state index in [1.54, 1.807) is 6.20 Å². The maximum absolute atomic E-state index is 9.41. The molecule has 2 heterocycles. The lowest BCUT2D eigenvalue weighted by molar-refractivity contribution is 0.281. The third-order valence-corrected chi connectivity index (χ3v) is 4.96. The molecule has 132 valence electrons. The number of aryl methyl sites for hydroxylation is 1. The van der Waals surface area contributed by atoms with Crippen molar-refractivity contribution in [3.8, 4) is 17.2 Å². The van der Waals surface area contributed by atoms with Crippen molar-refractivity contribution in [2.75, 3.05) is 0 Å². The van der Waals surface area contributed by atoms with Gasteiger partial charge in [0.15, 0.2) is 0 Å². The molecular formula is C21H20ClN3O. The van der Waals surface area contributed by atoms with E-state index in [-0.39, 0.29) is 6.61 Å². The molecule has 4 nitrogen and oxygen atoms in total. The van der Waals surface area contributed by atoms with Crippen LogP contribution in [0.15, 0.2) is 42.6 Å². The molecular weight excluding hydrogens is 346 g/mol. The van der Waals surface area contributed by atoms with Crippen LogP contribution in [0.4, 0.5) is 0 Å². The molecule has 0 aliphatic carbocycles. The molecule has 2 aromatic heterocycles. The van der Waals surface area contributed by atoms with Gasteiger partial charge in [0.2, 0.25) is 0 Å². The predicted molar refractivity (Wildman–Crippen MR) is 103 cm³/mol. The summed E-state index contributed by atoms with van der Waals surface area (Å²) in [5.74, 6) is 0. The first-order valence-electron chi connectivity index (χ1n) is 8.51. The van der Waals surface area contributed by atoms with Crippen molar-refractivity contribution in [1.82, 2.24) is 9.55 Å². The number of hydrogen-bond donors (Lipinski definition) is 1. The lowest BCUT2D eigenvalue weighted by Gasteiger charge is -2.12. The standard InChI is InChI=1S/C21H20ClN3O/c1-3-19-9-20(17-6-4-15(10-23)5-7-17)14(2)25(19)12-16-8-18(13-26)21(22)24-11-16/h4-9,11,26H,3,12-13H2,1-2H3. The summed E-state index contributed by atoms with van der Waals surface area (Å²) in [5.41, 5.74) is 6.94. The summed E-state index contributed by atoms with van der Waals surface area (Å²) < 4.78 is 2.26. The quantitative estimate of drug-likeness (QED) is 0.678. The van der Waals surface area contributed by atoms with Crippen molar-refractivity contribution in [3.05, 3.63) is 75.8 Å². The van der Waals surface area contributed by atoms with Gasteiger partial charge in [0.05, 0.1) is 18.2 Å². The second kappa shape index (κ2) is 7.74. The predicted octanol–water partition coefficient (Wildman–Crippen LogP) is 4.49. The normalized spacial score (nSPS) is 10.7. The average Bonchev–Trinajstić information content (AvgIpc) is 2.99. The molecule has 1 N–H and O–H groups in total. The molecule has 0 aliphatic heterocycles. The SMILES string of the molecule is CCc1cc(-c2ccc(C#N)cc2)c(C)n1Cc1cnc(Cl)c(CO)c1. The topological polar surface area (TPSA) is 61.8 Å². The summed E-state index contributed by atoms with van der Waals surface area (Å²) >= 11 is 6.00. The molecule has 26 heavy (non-hydrogen) atoms. The lowest BCUT2D eigenvalue weighted by Crippen LogP contribution is -2.07. The number of benzene rings is 1. The van der Waals surface area contributed by atoms with E-state index in [4.69, 9.17) is 16.9 Å². The number of nitriles is 1. The molecule has 0 radical (unpaired) electrons. The van der Waals surface area contributed by atoms with Gasteiger partial charge in [-0.15, -0.1) is 0 Å². The van der Waals surface area contributed by atoms with Crippen LogP contribution in [0.25, 0.3) is 11.1 Å². The summed E-state index contributed by atoms with van der Waals surface area (Å²) in [6.45, 7) is 4.78. The maximum atomic E-state index is 9.41. The highest BCUT2D eigenvalue weighted by Gasteiger charge is 2.13. The van der Waals surface area contributed by atoms with E-state index >= 15 is 0 Å². The monoisotopic (exact) mass is 365 g/mol. The van der Waals surface area contributed by atoms with Crippen LogP contribution in [0, 0.1) is 18.3 Å². The molecule has 1 aromatic carbocycles. The Labute approximate surface area is 158 Å². The molecule has 0 saturated heterocycles. The largest absolute Gasteiger partial charge is 0.392 e. The highest BCUT2D eigenvalue weighted by atomic mass is 35.5. The zero-order chi connectivity index (χ0) is 18.7. The van der Waals surface area contributed by atoms with E-state index in [1.165, 1.54) is 5.69 Å². The molecule has 0 bridgehead atoms. The fourth-order valence-electron chi connectivity index (χ4n) is 3.16. The third-order valence-electron chi connectivity index (χ3n) is 4.62. The van der Waals surface area contributed by atoms with Gasteiger partial charge in [-0.05, 0) is 48.7 Å². The Bertz CT molecular complexity index is 968. The van der Waals surface area contributed by atoms with Gasteiger partial charge in [-0.1, -0.05) is 30.7 Å². The number of nitrogens with zero attached hydrogens (tertiary/aromatic N) is 3. The molecule has 0 unspecified atom stereocenters. The average molecular weight is 366 g/mol. The van der Waals surface area contributed by atoms with Crippen LogP contribution in [0.5, 0.6) is 0 Å². The van der Waals surface area contributed by atoms with E-state index in [0.29, 0.717) is 22.8 Å². The second-order valence-corrected chi connectivity index (χ2v) is 6.57. The van der Waals surface area contributed by atoms with Crippen LogP contribution in [0.3, 0.4) is 0 Å². The van der Waals surface area contributed by atoms with Crippen LogP contribution in [-0.2, 0) is 19.6 Å². The zero-order valence-electron chi connectivity index (χ0n) is 14.8. The first-order valence-corrected chi connectivity index (χ1v) is 8.88. The number of aromatic nitrogens is 2. The van der Waals surface area contributed by atoms with Crippen LogP contribution in [0.2, 0.25) is 5.15 Å². The van der Waals surface area contributed by atoms with Crippen molar-refractivity contribution >= 4 is 11.6 Å². The van der Waals surface area contributed by atoms with E-state index < -0.39 is 0 Å². The van der Waals surface area contributed by atoms with Crippen molar-refractivity contribution in [2.24, 2.45) is 0 Å². The smallest absolute Gasteiger partial charge is 0.134 e. The fourth-order valence-corrected chi connectivity index (χ4v) is 3.33. The van der Waals surface area contributed by atoms with Gasteiger partial charge in [0.1, 0.15) is 5.15 Å². The number of hydrogen-bond acceptors (Lipinski definition) is 3. The molecule has 5 heteroatoms. The molecule has 0 amide bonds. The summed E-state index contributed by atoms with van der Waals surface area (Å²) in [6, 6.07) is 13.9. The van der Waals surface area contributed by atoms with Crippen LogP contribution in [0.1, 0.15) is 35.0 Å². The van der Waals surface area contributed by atoms with E-state index in [0.717, 1.165) is 28.8 Å². The zero-order valence-corrected chi connectivity index (χ0v) is 15.6. The minimum atomic E-state index is -0.124. The molecule has 0 saturated carbocycles. The Balaban J connectivity index is 1.99. The number of halogens is 1. The first-order chi connectivity index (χ1) is 12.6. The van der Waals surface area contributed by atoms with Crippen molar-refractivity contribution < 1.29 is 5.11 Å². The van der Waals surface area contributed by atoms with Gasteiger partial charge in [-0.3, -0.25) is 0 Å². The summed E-state index contributed by atoms with van der Waals surface area (Å²) in [6.07, 6.45) is 2.66. The Kier molecular flexibility index (Phi) is 5.41. The summed E-state index contributed by atoms with van der Waals surface area (Å²) in [4.78, 5) is 4.18. The van der Waals surface area contributed by atoms with Gasteiger partial charge in [-0.25, -0.2) is 4.98 Å². The van der Waals surface area contributed by atoms with E-state index in [2.05, 4.69) is 35.5 Å². The van der Waals surface area contributed by atoms with Gasteiger partial charge in [0, 0.05) is 35.3 Å². The van der Waals surface area contributed by atoms with Gasteiger partial charge >= 0.3 is 0 Å². The molecule has 0 fully saturated rings. The summed E-state index contributed by atoms with van der Waals surface area (Å²) in [7, 11) is 0. The highest BCUT2D eigenvalue weighted by Crippen LogP contribution is 2.29. The number of aliphatic hydroxyl groups is 1. The fraction of sp³-hybridized carbons (Fsp3) is 0.238. The van der Waals surface area contributed by atoms with Crippen molar-refractivity contribution in [2.45, 2.75) is 33.4 Å². The third kappa shape index (κ3) is 3.50. The van der Waals surface area contributed by atoms with Crippen LogP contribution in [-0.4, -0.2) is 14.7 Å². The van der Waals surface area contributed by atoms with Crippen molar-refractivity contribution in [1.29, 1.82) is 5.26 Å². The Morgan fingerprint density at radius 1 is 1.23 bits per heavy atom. The first kappa shape index (κ1) is 18.2. The van der Waals surface area contributed by atoms with Crippen LogP contribution >= 0.6 is 11.6 Å². The minimum Gasteiger partial charge on any atom is -0.392 e. The Morgan fingerprint density at radius 3 is 2.58 bits per heavy atom. The van der Waals surface area contributed by atoms with Gasteiger partial charge in [0.25, 0.3) is 0 Å². The number of aliphatic hydroxyl groups excluding tert-OH is 1. The Hall–Kier alpha value is -2.61. The summed E-state index contributed by atoms with van der Waals surface area (Å²) in [5, 5.41) is 18.7. The van der Waals surface area contributed by atoms with Crippen molar-refractivity contribution in [3.63, 3.8) is 0 Å². The van der Waals surface area contributed by atoms with Crippen LogP contribution < -0.4 is 0 Å². The molecule has 3 aromatic rings. The highest BCUT2D eigenvalue weighted by molar-refractivity contribution is 6.30.